The Balaban J connectivity index is 1.77. The quantitative estimate of drug-likeness (QED) is 0.577. The third-order valence-electron chi connectivity index (χ3n) is 6.26. The highest BCUT2D eigenvalue weighted by molar-refractivity contribution is 5.89. The average molecular weight is 275 g/mol. The maximum Gasteiger partial charge on any atom is 0.0527 e. The van der Waals surface area contributed by atoms with Gasteiger partial charge >= 0.3 is 0 Å². The van der Waals surface area contributed by atoms with Gasteiger partial charge in [0.15, 0.2) is 0 Å². The van der Waals surface area contributed by atoms with Gasteiger partial charge in [-0.15, -0.1) is 0 Å². The van der Waals surface area contributed by atoms with Gasteiger partial charge < -0.3 is 0 Å². The molecule has 1 heteroatoms. The predicted molar refractivity (Wildman–Crippen MR) is 87.4 cm³/mol. The second-order valence-corrected chi connectivity index (χ2v) is 7.54. The van der Waals surface area contributed by atoms with Crippen LogP contribution in [0.4, 0.5) is 0 Å². The number of hydrogen-bond donors (Lipinski definition) is 0. The maximum absolute atomic E-state index is 5.47. The molecule has 114 valence electrons. The van der Waals surface area contributed by atoms with Crippen LogP contribution in [0.3, 0.4) is 0 Å². The molecule has 0 aliphatic heterocycles. The maximum atomic E-state index is 5.47. The number of nitrogens with zero attached hydrogens (tertiary/aromatic N) is 1. The topological polar surface area (TPSA) is 12.4 Å². The van der Waals surface area contributed by atoms with Crippen LogP contribution < -0.4 is 0 Å². The van der Waals surface area contributed by atoms with Crippen molar-refractivity contribution in [2.24, 2.45) is 22.7 Å². The summed E-state index contributed by atoms with van der Waals surface area (Å²) in [5.41, 5.74) is 1.70. The fraction of sp³-hybridized carbons (Fsp3) is 0.947. The molecular weight excluding hydrogens is 242 g/mol. The number of aliphatic imine (C=N–C) groups is 1. The SMILES string of the molecule is CCC1CCCCC1N=C(C1CCCC1)C1CCCC1. The molecule has 0 amide bonds. The van der Waals surface area contributed by atoms with Gasteiger partial charge in [-0.2, -0.15) is 0 Å². The van der Waals surface area contributed by atoms with E-state index in [9.17, 15) is 0 Å². The highest BCUT2D eigenvalue weighted by atomic mass is 14.8. The smallest absolute Gasteiger partial charge is 0.0527 e. The minimum absolute atomic E-state index is 0.685. The van der Waals surface area contributed by atoms with E-state index in [1.165, 1.54) is 83.5 Å². The molecule has 20 heavy (non-hydrogen) atoms. The molecule has 0 aromatic heterocycles. The molecule has 1 nitrogen and oxygen atoms in total. The summed E-state index contributed by atoms with van der Waals surface area (Å²) in [5, 5.41) is 0. The van der Waals surface area contributed by atoms with E-state index in [1.807, 2.05) is 0 Å². The molecule has 0 aromatic carbocycles. The van der Waals surface area contributed by atoms with Crippen molar-refractivity contribution in [1.82, 2.24) is 0 Å². The van der Waals surface area contributed by atoms with Gasteiger partial charge in [0, 0.05) is 5.71 Å². The van der Waals surface area contributed by atoms with E-state index in [-0.39, 0.29) is 0 Å². The van der Waals surface area contributed by atoms with Gasteiger partial charge in [-0.25, -0.2) is 0 Å². The van der Waals surface area contributed by atoms with Crippen LogP contribution in [0.2, 0.25) is 0 Å². The Kier molecular flexibility index (Phi) is 5.18. The van der Waals surface area contributed by atoms with Crippen molar-refractivity contribution < 1.29 is 0 Å². The Bertz CT molecular complexity index is 303. The predicted octanol–water partition coefficient (Wildman–Crippen LogP) is 5.78. The van der Waals surface area contributed by atoms with Gasteiger partial charge in [-0.05, 0) is 56.3 Å². The minimum atomic E-state index is 0.685. The van der Waals surface area contributed by atoms with Gasteiger partial charge in [0.25, 0.3) is 0 Å². The van der Waals surface area contributed by atoms with Crippen LogP contribution >= 0.6 is 0 Å². The molecule has 3 fully saturated rings. The first-order valence-corrected chi connectivity index (χ1v) is 9.46. The Morgan fingerprint density at radius 2 is 1.25 bits per heavy atom. The molecule has 3 aliphatic rings. The first-order chi connectivity index (χ1) is 9.88. The summed E-state index contributed by atoms with van der Waals surface area (Å²) in [6, 6.07) is 0.685. The summed E-state index contributed by atoms with van der Waals surface area (Å²) in [6.45, 7) is 2.38. The zero-order valence-electron chi connectivity index (χ0n) is 13.4. The van der Waals surface area contributed by atoms with Crippen molar-refractivity contribution in [2.75, 3.05) is 0 Å². The summed E-state index contributed by atoms with van der Waals surface area (Å²) in [4.78, 5) is 5.47. The Morgan fingerprint density at radius 1 is 0.750 bits per heavy atom. The van der Waals surface area contributed by atoms with E-state index in [2.05, 4.69) is 6.92 Å². The summed E-state index contributed by atoms with van der Waals surface area (Å²) in [5.74, 6) is 2.64. The molecular formula is C19H33N. The molecule has 0 heterocycles. The molecule has 3 saturated carbocycles. The van der Waals surface area contributed by atoms with E-state index >= 15 is 0 Å². The molecule has 0 bridgehead atoms. The second kappa shape index (κ2) is 7.09. The number of hydrogen-bond acceptors (Lipinski definition) is 1. The van der Waals surface area contributed by atoms with Crippen molar-refractivity contribution in [3.63, 3.8) is 0 Å². The molecule has 2 atom stereocenters. The first-order valence-electron chi connectivity index (χ1n) is 9.46. The molecule has 0 radical (unpaired) electrons. The molecule has 0 N–H and O–H groups in total. The zero-order valence-corrected chi connectivity index (χ0v) is 13.4. The van der Waals surface area contributed by atoms with Crippen molar-refractivity contribution in [3.05, 3.63) is 0 Å². The summed E-state index contributed by atoms with van der Waals surface area (Å²) < 4.78 is 0. The van der Waals surface area contributed by atoms with Gasteiger partial charge in [0.1, 0.15) is 0 Å². The lowest BCUT2D eigenvalue weighted by Gasteiger charge is -2.31. The molecule has 0 aromatic rings. The number of rotatable bonds is 4. The molecule has 3 aliphatic carbocycles. The van der Waals surface area contributed by atoms with Gasteiger partial charge in [0.2, 0.25) is 0 Å². The van der Waals surface area contributed by atoms with Crippen LogP contribution in [0.25, 0.3) is 0 Å². The lowest BCUT2D eigenvalue weighted by atomic mass is 9.82. The van der Waals surface area contributed by atoms with Crippen molar-refractivity contribution in [1.29, 1.82) is 0 Å². The van der Waals surface area contributed by atoms with E-state index < -0.39 is 0 Å². The zero-order chi connectivity index (χ0) is 13.8. The molecule has 2 unspecified atom stereocenters. The van der Waals surface area contributed by atoms with Crippen molar-refractivity contribution in [2.45, 2.75) is 96.4 Å². The van der Waals surface area contributed by atoms with Gasteiger partial charge in [-0.3, -0.25) is 4.99 Å². The standard InChI is InChI=1S/C19H33N/c1-2-15-9-7-8-14-18(15)20-19(16-10-3-4-11-16)17-12-5-6-13-17/h15-18H,2-14H2,1H3. The van der Waals surface area contributed by atoms with E-state index in [4.69, 9.17) is 4.99 Å². The highest BCUT2D eigenvalue weighted by Crippen LogP contribution is 2.37. The van der Waals surface area contributed by atoms with Crippen LogP contribution in [-0.4, -0.2) is 11.8 Å². The third-order valence-corrected chi connectivity index (χ3v) is 6.26. The Morgan fingerprint density at radius 3 is 1.80 bits per heavy atom. The summed E-state index contributed by atoms with van der Waals surface area (Å²) in [6.07, 6.45) is 18.6. The largest absolute Gasteiger partial charge is 0.290 e. The fourth-order valence-corrected chi connectivity index (χ4v) is 5.01. The normalized spacial score (nSPS) is 32.6. The molecule has 0 spiro atoms. The minimum Gasteiger partial charge on any atom is -0.290 e. The second-order valence-electron chi connectivity index (χ2n) is 7.54. The third kappa shape index (κ3) is 3.28. The van der Waals surface area contributed by atoms with E-state index in [0.717, 1.165) is 17.8 Å². The Hall–Kier alpha value is -0.330. The van der Waals surface area contributed by atoms with E-state index in [0.29, 0.717) is 6.04 Å². The highest BCUT2D eigenvalue weighted by Gasteiger charge is 2.31. The van der Waals surface area contributed by atoms with Crippen molar-refractivity contribution >= 4 is 5.71 Å². The summed E-state index contributed by atoms with van der Waals surface area (Å²) >= 11 is 0. The molecule has 3 rings (SSSR count). The lowest BCUT2D eigenvalue weighted by molar-refractivity contribution is 0.300. The molecule has 0 saturated heterocycles. The fourth-order valence-electron chi connectivity index (χ4n) is 5.01. The average Bonchev–Trinajstić information content (AvgIpc) is 3.18. The lowest BCUT2D eigenvalue weighted by Crippen LogP contribution is -2.28. The van der Waals surface area contributed by atoms with Crippen LogP contribution in [0.15, 0.2) is 4.99 Å². The van der Waals surface area contributed by atoms with Crippen LogP contribution in [0, 0.1) is 17.8 Å². The Labute approximate surface area is 125 Å². The van der Waals surface area contributed by atoms with Crippen LogP contribution in [0.1, 0.15) is 90.4 Å². The van der Waals surface area contributed by atoms with Crippen molar-refractivity contribution in [3.8, 4) is 0 Å². The van der Waals surface area contributed by atoms with Crippen LogP contribution in [0.5, 0.6) is 0 Å². The van der Waals surface area contributed by atoms with Gasteiger partial charge in [0.05, 0.1) is 6.04 Å². The monoisotopic (exact) mass is 275 g/mol. The first kappa shape index (κ1) is 14.6. The summed E-state index contributed by atoms with van der Waals surface area (Å²) in [7, 11) is 0. The van der Waals surface area contributed by atoms with E-state index in [1.54, 1.807) is 5.71 Å². The van der Waals surface area contributed by atoms with Crippen LogP contribution in [-0.2, 0) is 0 Å². The van der Waals surface area contributed by atoms with Gasteiger partial charge in [-0.1, -0.05) is 51.9 Å².